The van der Waals surface area contributed by atoms with Gasteiger partial charge in [-0.1, -0.05) is 84.7 Å². The number of hydrogen-bond donors (Lipinski definition) is 1. The van der Waals surface area contributed by atoms with Gasteiger partial charge in [0.2, 0.25) is 5.43 Å². The number of carbonyl (C=O) groups is 1. The van der Waals surface area contributed by atoms with Gasteiger partial charge in [-0.2, -0.15) is 0 Å². The Morgan fingerprint density at radius 1 is 0.944 bits per heavy atom. The van der Waals surface area contributed by atoms with Crippen LogP contribution in [0.1, 0.15) is 41.6 Å². The largest absolute Gasteiger partial charge is 0.506 e. The minimum absolute atomic E-state index is 0.0708. The third-order valence-electron chi connectivity index (χ3n) is 6.53. The first-order valence-electron chi connectivity index (χ1n) is 11.6. The Kier molecular flexibility index (Phi) is 6.57. The average molecular weight is 517 g/mol. The summed E-state index contributed by atoms with van der Waals surface area (Å²) in [6, 6.07) is 23.4. The van der Waals surface area contributed by atoms with Gasteiger partial charge in [-0.3, -0.25) is 9.59 Å². The molecule has 3 aromatic carbocycles. The first kappa shape index (κ1) is 24.1. The lowest BCUT2D eigenvalue weighted by molar-refractivity contribution is 0.0973. The number of phenolic OH excluding ortho intramolecular Hbond substituents is 1. The van der Waals surface area contributed by atoms with Gasteiger partial charge < -0.3 is 9.52 Å². The van der Waals surface area contributed by atoms with E-state index in [2.05, 4.69) is 19.1 Å². The number of rotatable bonds is 6. The molecule has 1 heterocycles. The fourth-order valence-corrected chi connectivity index (χ4v) is 4.93. The van der Waals surface area contributed by atoms with Crippen molar-refractivity contribution in [1.29, 1.82) is 0 Å². The molecule has 1 aliphatic carbocycles. The normalized spacial score (nSPS) is 12.2. The quantitative estimate of drug-likeness (QED) is 0.182. The highest BCUT2D eigenvalue weighted by Crippen LogP contribution is 2.43. The molecule has 0 aromatic heterocycles. The number of halogens is 2. The first-order chi connectivity index (χ1) is 17.4. The molecule has 0 fully saturated rings. The predicted molar refractivity (Wildman–Crippen MR) is 145 cm³/mol. The number of phenols is 1. The molecule has 1 unspecified atom stereocenters. The summed E-state index contributed by atoms with van der Waals surface area (Å²) >= 11 is 12.4. The molecule has 180 valence electrons. The number of ketones is 1. The molecule has 4 nitrogen and oxygen atoms in total. The molecule has 0 saturated carbocycles. The van der Waals surface area contributed by atoms with Gasteiger partial charge in [-0.15, -0.1) is 0 Å². The molecule has 0 spiro atoms. The lowest BCUT2D eigenvalue weighted by atomic mass is 9.88. The zero-order valence-electron chi connectivity index (χ0n) is 19.4. The van der Waals surface area contributed by atoms with Crippen LogP contribution in [0.4, 0.5) is 0 Å². The van der Waals surface area contributed by atoms with Crippen molar-refractivity contribution in [3.63, 3.8) is 0 Å². The van der Waals surface area contributed by atoms with Crippen LogP contribution in [-0.2, 0) is 0 Å². The van der Waals surface area contributed by atoms with Gasteiger partial charge in [0.1, 0.15) is 17.1 Å². The Hall–Kier alpha value is -3.60. The molecule has 0 bridgehead atoms. The number of benzene rings is 4. The van der Waals surface area contributed by atoms with E-state index in [0.717, 1.165) is 23.1 Å². The third-order valence-corrected chi connectivity index (χ3v) is 7.13. The van der Waals surface area contributed by atoms with Gasteiger partial charge in [0.15, 0.2) is 5.78 Å². The molecule has 0 radical (unpaired) electrons. The number of fused-ring (bicyclic) bond motifs is 2. The van der Waals surface area contributed by atoms with Crippen LogP contribution >= 0.6 is 23.2 Å². The SMILES string of the molecule is CCC(CC(=O)c1ccc(-c2c3cc(Cl)c(=O)cc-3oc3cc(O)c(Cl)cc23)cc1)c1ccccc1. The molecule has 2 aliphatic rings. The van der Waals surface area contributed by atoms with Crippen LogP contribution in [0, 0.1) is 0 Å². The van der Waals surface area contributed by atoms with Crippen molar-refractivity contribution in [2.24, 2.45) is 0 Å². The van der Waals surface area contributed by atoms with Crippen LogP contribution < -0.4 is 5.43 Å². The van der Waals surface area contributed by atoms with Gasteiger partial charge in [0.05, 0.1) is 10.0 Å². The van der Waals surface area contributed by atoms with Crippen LogP contribution in [0.25, 0.3) is 33.4 Å². The fraction of sp³-hybridized carbons (Fsp3) is 0.133. The highest BCUT2D eigenvalue weighted by Gasteiger charge is 2.21. The molecule has 0 amide bonds. The molecule has 0 saturated heterocycles. The topological polar surface area (TPSA) is 67.5 Å². The van der Waals surface area contributed by atoms with E-state index in [4.69, 9.17) is 27.6 Å². The minimum Gasteiger partial charge on any atom is -0.506 e. The minimum atomic E-state index is -0.360. The number of aromatic hydroxyl groups is 1. The maximum atomic E-state index is 13.1. The summed E-state index contributed by atoms with van der Waals surface area (Å²) in [5.74, 6) is 0.434. The van der Waals surface area contributed by atoms with E-state index in [1.54, 1.807) is 12.1 Å². The zero-order valence-corrected chi connectivity index (χ0v) is 20.9. The predicted octanol–water partition coefficient (Wildman–Crippen LogP) is 8.34. The van der Waals surface area contributed by atoms with Crippen molar-refractivity contribution in [2.75, 3.05) is 0 Å². The van der Waals surface area contributed by atoms with Gasteiger partial charge in [-0.25, -0.2) is 0 Å². The summed E-state index contributed by atoms with van der Waals surface area (Å²) < 4.78 is 5.91. The molecule has 5 rings (SSSR count). The average Bonchev–Trinajstić information content (AvgIpc) is 2.88. The molecule has 1 aliphatic heterocycles. The molecule has 3 aromatic rings. The van der Waals surface area contributed by atoms with Gasteiger partial charge >= 0.3 is 0 Å². The summed E-state index contributed by atoms with van der Waals surface area (Å²) in [4.78, 5) is 25.3. The Bertz CT molecular complexity index is 1610. The van der Waals surface area contributed by atoms with Crippen LogP contribution in [0.15, 0.2) is 88.1 Å². The van der Waals surface area contributed by atoms with E-state index < -0.39 is 0 Å². The number of Topliss-reactive ketones (excluding diaryl/α,β-unsaturated/α-hetero) is 1. The summed E-state index contributed by atoms with van der Waals surface area (Å²) in [5, 5.41) is 11.0. The fourth-order valence-electron chi connectivity index (χ4n) is 4.60. The van der Waals surface area contributed by atoms with E-state index in [0.29, 0.717) is 34.3 Å². The van der Waals surface area contributed by atoms with Crippen LogP contribution in [-0.4, -0.2) is 10.9 Å². The van der Waals surface area contributed by atoms with E-state index >= 15 is 0 Å². The van der Waals surface area contributed by atoms with E-state index in [1.165, 1.54) is 12.1 Å². The van der Waals surface area contributed by atoms with Gasteiger partial charge in [-0.05, 0) is 35.6 Å². The molecule has 1 atom stereocenters. The Balaban J connectivity index is 1.57. The van der Waals surface area contributed by atoms with Crippen LogP contribution in [0.5, 0.6) is 5.75 Å². The second-order valence-corrected chi connectivity index (χ2v) is 9.59. The number of hydrogen-bond acceptors (Lipinski definition) is 4. The van der Waals surface area contributed by atoms with Crippen molar-refractivity contribution >= 4 is 40.0 Å². The first-order valence-corrected chi connectivity index (χ1v) is 12.4. The monoisotopic (exact) mass is 516 g/mol. The summed E-state index contributed by atoms with van der Waals surface area (Å²) in [5.41, 5.74) is 3.96. The van der Waals surface area contributed by atoms with E-state index in [9.17, 15) is 14.7 Å². The van der Waals surface area contributed by atoms with E-state index in [-0.39, 0.29) is 32.9 Å². The van der Waals surface area contributed by atoms with Crippen molar-refractivity contribution in [3.8, 4) is 28.2 Å². The van der Waals surface area contributed by atoms with Gasteiger partial charge in [0, 0.05) is 40.6 Å². The highest BCUT2D eigenvalue weighted by atomic mass is 35.5. The summed E-state index contributed by atoms with van der Waals surface area (Å²) in [6.07, 6.45) is 1.29. The van der Waals surface area contributed by atoms with Crippen molar-refractivity contribution in [2.45, 2.75) is 25.7 Å². The third kappa shape index (κ3) is 4.50. The van der Waals surface area contributed by atoms with Crippen molar-refractivity contribution in [3.05, 3.63) is 110 Å². The standard InChI is InChI=1S/C30H22Cl2O4/c1-2-17(18-6-4-3-5-7-18)12-25(33)19-8-10-20(11-9-19)30-21-13-23(31)26(34)15-28(21)36-29-16-27(35)24(32)14-22(29)30/h3-11,13-17,34H,2,12H2,1H3. The lowest BCUT2D eigenvalue weighted by Crippen LogP contribution is -2.07. The van der Waals surface area contributed by atoms with Crippen LogP contribution in [0.3, 0.4) is 0 Å². The zero-order chi connectivity index (χ0) is 25.4. The highest BCUT2D eigenvalue weighted by molar-refractivity contribution is 6.33. The summed E-state index contributed by atoms with van der Waals surface area (Å²) in [6.45, 7) is 2.09. The summed E-state index contributed by atoms with van der Waals surface area (Å²) in [7, 11) is 0. The van der Waals surface area contributed by atoms with Crippen molar-refractivity contribution < 1.29 is 14.3 Å². The number of carbonyl (C=O) groups excluding carboxylic acids is 1. The molecule has 6 heteroatoms. The smallest absolute Gasteiger partial charge is 0.200 e. The van der Waals surface area contributed by atoms with Crippen LogP contribution in [0.2, 0.25) is 10.0 Å². The maximum absolute atomic E-state index is 13.1. The maximum Gasteiger partial charge on any atom is 0.200 e. The molecular weight excluding hydrogens is 495 g/mol. The molecule has 36 heavy (non-hydrogen) atoms. The molecular formula is C30H22Cl2O4. The Labute approximate surface area is 218 Å². The second-order valence-electron chi connectivity index (χ2n) is 8.78. The second kappa shape index (κ2) is 9.81. The van der Waals surface area contributed by atoms with Gasteiger partial charge in [0.25, 0.3) is 0 Å². The van der Waals surface area contributed by atoms with Crippen molar-refractivity contribution in [1.82, 2.24) is 0 Å². The van der Waals surface area contributed by atoms with E-state index in [1.807, 2.05) is 42.5 Å². The molecule has 1 N–H and O–H groups in total. The Morgan fingerprint density at radius 3 is 2.36 bits per heavy atom. The lowest BCUT2D eigenvalue weighted by Gasteiger charge is -2.17. The Morgan fingerprint density at radius 2 is 1.67 bits per heavy atom.